The van der Waals surface area contributed by atoms with E-state index in [2.05, 4.69) is 0 Å². The van der Waals surface area contributed by atoms with E-state index in [1.165, 1.54) is 22.8 Å². The van der Waals surface area contributed by atoms with Gasteiger partial charge in [0.1, 0.15) is 40.3 Å². The van der Waals surface area contributed by atoms with Crippen molar-refractivity contribution in [1.29, 1.82) is 0 Å². The number of amides is 1. The van der Waals surface area contributed by atoms with Gasteiger partial charge in [-0.1, -0.05) is 6.07 Å². The number of thiophene rings is 1. The normalized spacial score (nSPS) is 16.5. The van der Waals surface area contributed by atoms with E-state index in [4.69, 9.17) is 19.8 Å². The number of imidazole rings is 1. The molecule has 0 fully saturated rings. The zero-order valence-electron chi connectivity index (χ0n) is 28.4. The lowest BCUT2D eigenvalue weighted by atomic mass is 9.95. The molecule has 6 aromatic rings. The molecule has 0 spiro atoms. The summed E-state index contributed by atoms with van der Waals surface area (Å²) in [5.74, 6) is -1.28. The van der Waals surface area contributed by atoms with Gasteiger partial charge in [-0.05, 0) is 72.1 Å². The van der Waals surface area contributed by atoms with E-state index in [1.54, 1.807) is 11.2 Å². The third kappa shape index (κ3) is 5.56. The summed E-state index contributed by atoms with van der Waals surface area (Å²) in [6, 6.07) is 8.99. The van der Waals surface area contributed by atoms with Crippen molar-refractivity contribution >= 4 is 50.3 Å². The highest BCUT2D eigenvalue weighted by Crippen LogP contribution is 2.48. The first-order valence-corrected chi connectivity index (χ1v) is 17.9. The minimum absolute atomic E-state index is 0.0449. The second-order valence-electron chi connectivity index (χ2n) is 13.4. The fraction of sp³-hybridized carbons (Fsp3) is 0.333. The van der Waals surface area contributed by atoms with Crippen LogP contribution in [0.15, 0.2) is 46.7 Å². The number of thioether (sulfide) groups is 1. The van der Waals surface area contributed by atoms with Gasteiger partial charge in [-0.25, -0.2) is 27.9 Å². The van der Waals surface area contributed by atoms with Gasteiger partial charge in [0.15, 0.2) is 0 Å². The van der Waals surface area contributed by atoms with Crippen molar-refractivity contribution in [2.45, 2.75) is 64.1 Å². The number of ether oxygens (including phenoxy) is 1. The number of fused-ring (bicyclic) bond motifs is 3. The van der Waals surface area contributed by atoms with E-state index in [0.717, 1.165) is 40.4 Å². The van der Waals surface area contributed by atoms with Crippen LogP contribution in [0.3, 0.4) is 0 Å². The van der Waals surface area contributed by atoms with Gasteiger partial charge in [0, 0.05) is 52.0 Å². The summed E-state index contributed by atoms with van der Waals surface area (Å²) >= 11 is 2.33. The van der Waals surface area contributed by atoms with Crippen LogP contribution in [-0.4, -0.2) is 53.7 Å². The first kappa shape index (κ1) is 33.2. The number of carbonyl (C=O) groups excluding carboxylic acids is 1. The summed E-state index contributed by atoms with van der Waals surface area (Å²) in [5, 5.41) is 6.52. The minimum Gasteiger partial charge on any atom is -0.444 e. The van der Waals surface area contributed by atoms with Gasteiger partial charge >= 0.3 is 6.09 Å². The molecule has 0 bridgehead atoms. The SMILES string of the molecule is CSc1cc(F)cc(F)c1-c1c(-c2cc3n(n2)[C@@H](C)CN(C(=O)OC(C)(C)C)[C@@H]3C)nc(-c2ccc3c(c2)nc(C)n3C)c2scc(F)c12. The number of aryl methyl sites for hydroxylation is 2. The van der Waals surface area contributed by atoms with E-state index < -0.39 is 35.2 Å². The smallest absolute Gasteiger partial charge is 0.410 e. The van der Waals surface area contributed by atoms with Crippen LogP contribution in [0.25, 0.3) is 54.9 Å². The van der Waals surface area contributed by atoms with Crippen LogP contribution in [-0.2, 0) is 11.8 Å². The van der Waals surface area contributed by atoms with Crippen molar-refractivity contribution in [3.8, 4) is 33.8 Å². The Labute approximate surface area is 289 Å². The van der Waals surface area contributed by atoms with Crippen molar-refractivity contribution in [2.24, 2.45) is 7.05 Å². The molecule has 4 aromatic heterocycles. The van der Waals surface area contributed by atoms with Crippen molar-refractivity contribution in [1.82, 2.24) is 29.2 Å². The molecule has 0 radical (unpaired) electrons. The standard InChI is InChI=1S/C36H35F3N6O2S2/c1-17-15-44(35(46)47-36(4,5)6)18(2)27-14-25(42-45(17)27)33-31(29-22(38)12-21(37)13-28(29)48-8)30-23(39)16-49-34(30)32(41-33)20-9-10-26-24(11-20)40-19(3)43(26)7/h9-14,16-18H,15H2,1-8H3/t17-,18+/m0/s1. The molecule has 254 valence electrons. The van der Waals surface area contributed by atoms with Crippen molar-refractivity contribution < 1.29 is 22.7 Å². The average molecular weight is 705 g/mol. The number of hydrogen-bond acceptors (Lipinski definition) is 7. The van der Waals surface area contributed by atoms with Crippen molar-refractivity contribution in [3.05, 3.63) is 70.7 Å². The molecule has 1 aliphatic heterocycles. The second-order valence-corrected chi connectivity index (χ2v) is 15.1. The van der Waals surface area contributed by atoms with E-state index in [-0.39, 0.29) is 28.2 Å². The Morgan fingerprint density at radius 3 is 2.49 bits per heavy atom. The first-order chi connectivity index (χ1) is 23.2. The van der Waals surface area contributed by atoms with Gasteiger partial charge in [-0.15, -0.1) is 23.1 Å². The molecule has 5 heterocycles. The van der Waals surface area contributed by atoms with Crippen molar-refractivity contribution in [3.63, 3.8) is 0 Å². The number of hydrogen-bond donors (Lipinski definition) is 0. The number of rotatable bonds is 4. The third-order valence-electron chi connectivity index (χ3n) is 8.95. The van der Waals surface area contributed by atoms with E-state index >= 15 is 8.78 Å². The highest BCUT2D eigenvalue weighted by Gasteiger charge is 2.37. The van der Waals surface area contributed by atoms with Crippen LogP contribution in [0.4, 0.5) is 18.0 Å². The van der Waals surface area contributed by atoms with Crippen molar-refractivity contribution in [2.75, 3.05) is 12.8 Å². The Balaban J connectivity index is 1.51. The Morgan fingerprint density at radius 1 is 1.02 bits per heavy atom. The molecular formula is C36H35F3N6O2S2. The zero-order valence-corrected chi connectivity index (χ0v) is 30.0. The van der Waals surface area contributed by atoms with Gasteiger partial charge < -0.3 is 9.30 Å². The van der Waals surface area contributed by atoms with Crippen LogP contribution in [0.2, 0.25) is 0 Å². The molecule has 0 saturated heterocycles. The zero-order chi connectivity index (χ0) is 35.1. The van der Waals surface area contributed by atoms with E-state index in [9.17, 15) is 9.18 Å². The maximum absolute atomic E-state index is 16.1. The average Bonchev–Trinajstić information content (AvgIpc) is 3.73. The molecule has 13 heteroatoms. The number of pyridine rings is 1. The van der Waals surface area contributed by atoms with Gasteiger partial charge in [0.2, 0.25) is 0 Å². The van der Waals surface area contributed by atoms with Gasteiger partial charge in [0.05, 0.1) is 39.2 Å². The monoisotopic (exact) mass is 704 g/mol. The Kier molecular flexibility index (Phi) is 8.05. The van der Waals surface area contributed by atoms with Crippen LogP contribution < -0.4 is 0 Å². The highest BCUT2D eigenvalue weighted by molar-refractivity contribution is 7.98. The van der Waals surface area contributed by atoms with E-state index in [0.29, 0.717) is 33.1 Å². The number of aromatic nitrogens is 5. The fourth-order valence-corrected chi connectivity index (χ4v) is 8.12. The molecule has 7 rings (SSSR count). The molecular weight excluding hydrogens is 670 g/mol. The van der Waals surface area contributed by atoms with E-state index in [1.807, 2.05) is 82.1 Å². The summed E-state index contributed by atoms with van der Waals surface area (Å²) in [4.78, 5) is 25.1. The molecule has 0 aliphatic carbocycles. The number of benzene rings is 2. The lowest BCUT2D eigenvalue weighted by Crippen LogP contribution is -2.45. The highest BCUT2D eigenvalue weighted by atomic mass is 32.2. The fourth-order valence-electron chi connectivity index (χ4n) is 6.55. The largest absolute Gasteiger partial charge is 0.444 e. The Morgan fingerprint density at radius 2 is 1.78 bits per heavy atom. The molecule has 49 heavy (non-hydrogen) atoms. The quantitative estimate of drug-likeness (QED) is 0.170. The summed E-state index contributed by atoms with van der Waals surface area (Å²) < 4.78 is 56.8. The molecule has 1 amide bonds. The first-order valence-electron chi connectivity index (χ1n) is 15.8. The molecule has 2 aromatic carbocycles. The summed E-state index contributed by atoms with van der Waals surface area (Å²) in [6.07, 6.45) is 1.27. The maximum atomic E-state index is 16.1. The lowest BCUT2D eigenvalue weighted by molar-refractivity contribution is 0.00865. The molecule has 1 aliphatic rings. The van der Waals surface area contributed by atoms with Gasteiger partial charge in [-0.3, -0.25) is 9.58 Å². The van der Waals surface area contributed by atoms with Crippen LogP contribution in [0, 0.1) is 24.4 Å². The predicted octanol–water partition coefficient (Wildman–Crippen LogP) is 9.70. The number of carbonyl (C=O) groups is 1. The van der Waals surface area contributed by atoms with Crippen LogP contribution in [0.5, 0.6) is 0 Å². The maximum Gasteiger partial charge on any atom is 0.410 e. The third-order valence-corrected chi connectivity index (χ3v) is 10.7. The molecule has 0 N–H and O–H groups in total. The Bertz CT molecular complexity index is 2300. The Hall–Kier alpha value is -4.36. The minimum atomic E-state index is -0.834. The number of halogens is 3. The number of nitrogens with zero attached hydrogens (tertiary/aromatic N) is 6. The topological polar surface area (TPSA) is 78.1 Å². The molecule has 0 unspecified atom stereocenters. The molecule has 0 saturated carbocycles. The summed E-state index contributed by atoms with van der Waals surface area (Å²) in [6.45, 7) is 11.6. The second kappa shape index (κ2) is 11.9. The summed E-state index contributed by atoms with van der Waals surface area (Å²) in [7, 11) is 1.94. The molecule has 8 nitrogen and oxygen atoms in total. The van der Waals surface area contributed by atoms with Crippen LogP contribution >= 0.6 is 23.1 Å². The van der Waals surface area contributed by atoms with Gasteiger partial charge in [-0.2, -0.15) is 5.10 Å². The molecule has 2 atom stereocenters. The summed E-state index contributed by atoms with van der Waals surface area (Å²) in [5.41, 5.74) is 3.77. The van der Waals surface area contributed by atoms with Gasteiger partial charge in [0.25, 0.3) is 0 Å². The predicted molar refractivity (Wildman–Crippen MR) is 188 cm³/mol. The van der Waals surface area contributed by atoms with Crippen LogP contribution in [0.1, 0.15) is 58.2 Å². The lowest BCUT2D eigenvalue weighted by Gasteiger charge is -2.38.